The van der Waals surface area contributed by atoms with Gasteiger partial charge in [-0.25, -0.2) is 15.0 Å². The number of aliphatic hydroxyl groups excluding tert-OH is 1. The van der Waals surface area contributed by atoms with Gasteiger partial charge in [0.05, 0.1) is 19.0 Å². The fourth-order valence-corrected chi connectivity index (χ4v) is 3.79. The number of imidazole rings is 1. The van der Waals surface area contributed by atoms with Crippen LogP contribution in [-0.2, 0) is 9.53 Å². The molecule has 1 aliphatic rings. The first-order valence-corrected chi connectivity index (χ1v) is 11.0. The van der Waals surface area contributed by atoms with Crippen LogP contribution in [0, 0.1) is 0 Å². The first kappa shape index (κ1) is 21.6. The monoisotopic (exact) mass is 403 g/mol. The second-order valence-corrected chi connectivity index (χ2v) is 7.79. The molecule has 0 saturated carbocycles. The van der Waals surface area contributed by atoms with Crippen LogP contribution in [0.5, 0.6) is 0 Å². The van der Waals surface area contributed by atoms with Crippen molar-refractivity contribution < 1.29 is 14.6 Å². The van der Waals surface area contributed by atoms with E-state index in [9.17, 15) is 9.90 Å². The number of nitrogens with one attached hydrogen (secondary N) is 1. The summed E-state index contributed by atoms with van der Waals surface area (Å²) in [7, 11) is 0. The molecule has 8 nitrogen and oxygen atoms in total. The molecular weight excluding hydrogens is 370 g/mol. The van der Waals surface area contributed by atoms with Gasteiger partial charge in [-0.05, 0) is 19.3 Å². The van der Waals surface area contributed by atoms with Crippen molar-refractivity contribution in [3.8, 4) is 0 Å². The van der Waals surface area contributed by atoms with Crippen LogP contribution in [0.3, 0.4) is 0 Å². The number of carbonyl (C=O) groups excluding carboxylic acids is 1. The standard InChI is InChI=1S/C21H33N5O3/c1-2-3-4-5-6-7-8-9-10-17(28)25-20-19-21(23-14-22-20)26(15-24-19)18-12-11-16(13-27)29-18/h14-16,18,27H,2-13H2,1H3,(H,22,23,25,28)/t16-,18+/m0/s1. The van der Waals surface area contributed by atoms with Gasteiger partial charge in [-0.3, -0.25) is 9.36 Å². The van der Waals surface area contributed by atoms with Crippen LogP contribution >= 0.6 is 0 Å². The second kappa shape index (κ2) is 11.2. The lowest BCUT2D eigenvalue weighted by Crippen LogP contribution is -2.15. The molecule has 2 aromatic heterocycles. The minimum absolute atomic E-state index is 0.0121. The van der Waals surface area contributed by atoms with Crippen LogP contribution in [0.2, 0.25) is 0 Å². The number of nitrogens with zero attached hydrogens (tertiary/aromatic N) is 4. The Balaban J connectivity index is 1.48. The summed E-state index contributed by atoms with van der Waals surface area (Å²) >= 11 is 0. The van der Waals surface area contributed by atoms with Crippen LogP contribution in [-0.4, -0.2) is 43.2 Å². The van der Waals surface area contributed by atoms with E-state index in [1.807, 2.05) is 4.57 Å². The van der Waals surface area contributed by atoms with E-state index in [-0.39, 0.29) is 24.8 Å². The zero-order chi connectivity index (χ0) is 20.5. The molecule has 1 fully saturated rings. The zero-order valence-electron chi connectivity index (χ0n) is 17.3. The van der Waals surface area contributed by atoms with Crippen LogP contribution in [0.15, 0.2) is 12.7 Å². The molecule has 2 aromatic rings. The molecule has 29 heavy (non-hydrogen) atoms. The predicted octanol–water partition coefficient (Wildman–Crippen LogP) is 3.97. The Hall–Kier alpha value is -2.06. The Kier molecular flexibility index (Phi) is 8.37. The van der Waals surface area contributed by atoms with Crippen LogP contribution in [0.4, 0.5) is 5.82 Å². The number of hydrogen-bond acceptors (Lipinski definition) is 6. The van der Waals surface area contributed by atoms with Crippen molar-refractivity contribution in [2.75, 3.05) is 11.9 Å². The Morgan fingerprint density at radius 1 is 1.14 bits per heavy atom. The number of unbranched alkanes of at least 4 members (excludes halogenated alkanes) is 7. The summed E-state index contributed by atoms with van der Waals surface area (Å²) in [6, 6.07) is 0. The number of anilines is 1. The maximum atomic E-state index is 12.3. The number of aliphatic hydroxyl groups is 1. The molecule has 3 heterocycles. The third kappa shape index (κ3) is 5.96. The average Bonchev–Trinajstić information content (AvgIpc) is 3.37. The molecule has 2 N–H and O–H groups in total. The third-order valence-electron chi connectivity index (χ3n) is 5.47. The molecule has 160 valence electrons. The highest BCUT2D eigenvalue weighted by Crippen LogP contribution is 2.31. The van der Waals surface area contributed by atoms with Crippen molar-refractivity contribution in [3.63, 3.8) is 0 Å². The summed E-state index contributed by atoms with van der Waals surface area (Å²) in [5.41, 5.74) is 1.19. The first-order chi connectivity index (χ1) is 14.2. The van der Waals surface area contributed by atoms with Gasteiger partial charge in [-0.2, -0.15) is 0 Å². The van der Waals surface area contributed by atoms with Crippen molar-refractivity contribution in [2.24, 2.45) is 0 Å². The molecule has 3 rings (SSSR count). The molecular formula is C21H33N5O3. The Labute approximate surface area is 172 Å². The van der Waals surface area contributed by atoms with E-state index >= 15 is 0 Å². The van der Waals surface area contributed by atoms with Gasteiger partial charge in [0.1, 0.15) is 12.6 Å². The molecule has 0 radical (unpaired) electrons. The SMILES string of the molecule is CCCCCCCCCCC(=O)Nc1ncnc2c1ncn2[C@H]1CC[C@@H](CO)O1. The number of aromatic nitrogens is 4. The van der Waals surface area contributed by atoms with Gasteiger partial charge in [0.25, 0.3) is 0 Å². The van der Waals surface area contributed by atoms with Gasteiger partial charge in [0.15, 0.2) is 17.0 Å². The van der Waals surface area contributed by atoms with Gasteiger partial charge in [-0.15, -0.1) is 0 Å². The van der Waals surface area contributed by atoms with Crippen molar-refractivity contribution >= 4 is 22.9 Å². The lowest BCUT2D eigenvalue weighted by Gasteiger charge is -2.13. The molecule has 8 heteroatoms. The maximum absolute atomic E-state index is 12.3. The van der Waals surface area contributed by atoms with Crippen molar-refractivity contribution in [1.82, 2.24) is 19.5 Å². The Morgan fingerprint density at radius 3 is 2.62 bits per heavy atom. The molecule has 0 aromatic carbocycles. The molecule has 0 bridgehead atoms. The Bertz CT molecular complexity index is 779. The summed E-state index contributed by atoms with van der Waals surface area (Å²) in [6.45, 7) is 2.24. The molecule has 2 atom stereocenters. The minimum Gasteiger partial charge on any atom is -0.394 e. The molecule has 1 amide bonds. The smallest absolute Gasteiger partial charge is 0.225 e. The zero-order valence-corrected chi connectivity index (χ0v) is 17.3. The van der Waals surface area contributed by atoms with Gasteiger partial charge >= 0.3 is 0 Å². The second-order valence-electron chi connectivity index (χ2n) is 7.79. The summed E-state index contributed by atoms with van der Waals surface area (Å²) < 4.78 is 7.66. The van der Waals surface area contributed by atoms with Crippen molar-refractivity contribution in [1.29, 1.82) is 0 Å². The van der Waals surface area contributed by atoms with Crippen LogP contribution < -0.4 is 5.32 Å². The molecule has 0 spiro atoms. The largest absolute Gasteiger partial charge is 0.394 e. The number of hydrogen-bond donors (Lipinski definition) is 2. The highest BCUT2D eigenvalue weighted by molar-refractivity contribution is 5.96. The van der Waals surface area contributed by atoms with E-state index in [1.165, 1.54) is 44.9 Å². The van der Waals surface area contributed by atoms with Gasteiger partial charge in [-0.1, -0.05) is 51.9 Å². The van der Waals surface area contributed by atoms with E-state index in [4.69, 9.17) is 4.74 Å². The van der Waals surface area contributed by atoms with Crippen LogP contribution in [0.25, 0.3) is 11.2 Å². The van der Waals surface area contributed by atoms with E-state index in [2.05, 4.69) is 27.2 Å². The van der Waals surface area contributed by atoms with E-state index < -0.39 is 0 Å². The molecule has 1 saturated heterocycles. The lowest BCUT2D eigenvalue weighted by atomic mass is 10.1. The first-order valence-electron chi connectivity index (χ1n) is 11.0. The normalized spacial score (nSPS) is 19.1. The summed E-state index contributed by atoms with van der Waals surface area (Å²) in [6.07, 6.45) is 14.5. The van der Waals surface area contributed by atoms with Crippen molar-refractivity contribution in [3.05, 3.63) is 12.7 Å². The Morgan fingerprint density at radius 2 is 1.90 bits per heavy atom. The average molecular weight is 404 g/mol. The van der Waals surface area contributed by atoms with E-state index in [0.29, 0.717) is 23.4 Å². The lowest BCUT2D eigenvalue weighted by molar-refractivity contribution is -0.116. The fourth-order valence-electron chi connectivity index (χ4n) is 3.79. The summed E-state index contributed by atoms with van der Waals surface area (Å²) in [5.74, 6) is 0.401. The maximum Gasteiger partial charge on any atom is 0.225 e. The van der Waals surface area contributed by atoms with Crippen LogP contribution in [0.1, 0.15) is 83.8 Å². The van der Waals surface area contributed by atoms with E-state index in [1.54, 1.807) is 6.33 Å². The number of amides is 1. The van der Waals surface area contributed by atoms with Gasteiger partial charge in [0.2, 0.25) is 5.91 Å². The molecule has 0 aliphatic carbocycles. The van der Waals surface area contributed by atoms with Gasteiger partial charge < -0.3 is 15.2 Å². The molecule has 1 aliphatic heterocycles. The highest BCUT2D eigenvalue weighted by atomic mass is 16.5. The highest BCUT2D eigenvalue weighted by Gasteiger charge is 2.27. The predicted molar refractivity (Wildman–Crippen MR) is 111 cm³/mol. The topological polar surface area (TPSA) is 102 Å². The number of fused-ring (bicyclic) bond motifs is 1. The third-order valence-corrected chi connectivity index (χ3v) is 5.47. The van der Waals surface area contributed by atoms with Gasteiger partial charge in [0, 0.05) is 6.42 Å². The van der Waals surface area contributed by atoms with Crippen molar-refractivity contribution in [2.45, 2.75) is 89.9 Å². The number of rotatable bonds is 12. The summed E-state index contributed by atoms with van der Waals surface area (Å²) in [4.78, 5) is 25.2. The van der Waals surface area contributed by atoms with E-state index in [0.717, 1.165) is 25.7 Å². The minimum atomic E-state index is -0.201. The molecule has 0 unspecified atom stereocenters. The number of ether oxygens (including phenoxy) is 1. The summed E-state index contributed by atoms with van der Waals surface area (Å²) in [5, 5.41) is 12.1. The number of carbonyl (C=O) groups is 1. The fraction of sp³-hybridized carbons (Fsp3) is 0.714. The quantitative estimate of drug-likeness (QED) is 0.520.